The fourth-order valence-electron chi connectivity index (χ4n) is 1.75. The van der Waals surface area contributed by atoms with Gasteiger partial charge in [0.15, 0.2) is 0 Å². The van der Waals surface area contributed by atoms with Gasteiger partial charge in [0.25, 0.3) is 10.1 Å². The molecular weight excluding hydrogens is 300 g/mol. The zero-order valence-electron chi connectivity index (χ0n) is 10.3. The summed E-state index contributed by atoms with van der Waals surface area (Å²) in [5, 5.41) is 0. The molecule has 1 N–H and O–H groups in total. The molecular formula is C13H12O5S2. The van der Waals surface area contributed by atoms with Crippen LogP contribution in [0.1, 0.15) is 5.56 Å². The van der Waals surface area contributed by atoms with E-state index in [-0.39, 0.29) is 15.4 Å². The van der Waals surface area contributed by atoms with Gasteiger partial charge in [-0.05, 0) is 29.8 Å². The number of hydrogen-bond acceptors (Lipinski definition) is 4. The Morgan fingerprint density at radius 2 is 1.40 bits per heavy atom. The van der Waals surface area contributed by atoms with Crippen molar-refractivity contribution in [2.75, 3.05) is 0 Å². The molecule has 0 aliphatic heterocycles. The fraction of sp³-hybridized carbons (Fsp3) is 0.0769. The molecule has 0 saturated carbocycles. The van der Waals surface area contributed by atoms with E-state index >= 15 is 0 Å². The van der Waals surface area contributed by atoms with E-state index in [1.54, 1.807) is 18.2 Å². The van der Waals surface area contributed by atoms with Crippen LogP contribution in [0.2, 0.25) is 0 Å². The summed E-state index contributed by atoms with van der Waals surface area (Å²) in [6.45, 7) is 0. The Hall–Kier alpha value is -1.70. The van der Waals surface area contributed by atoms with Gasteiger partial charge in [-0.15, -0.1) is 0 Å². The van der Waals surface area contributed by atoms with Gasteiger partial charge in [0.05, 0.1) is 9.79 Å². The van der Waals surface area contributed by atoms with Crippen molar-refractivity contribution in [1.29, 1.82) is 0 Å². The summed E-state index contributed by atoms with van der Waals surface area (Å²) in [5.74, 6) is -0.620. The van der Waals surface area contributed by atoms with Crippen LogP contribution >= 0.6 is 0 Å². The molecule has 0 saturated heterocycles. The SMILES string of the molecule is O=S(=O)(O)Cc1cccc(S(=O)(=O)c2ccccc2)c1. The molecule has 7 heteroatoms. The van der Waals surface area contributed by atoms with Gasteiger partial charge in [0, 0.05) is 0 Å². The van der Waals surface area contributed by atoms with E-state index in [0.29, 0.717) is 0 Å². The van der Waals surface area contributed by atoms with E-state index in [1.807, 2.05) is 0 Å². The first-order valence-corrected chi connectivity index (χ1v) is 8.72. The van der Waals surface area contributed by atoms with Crippen LogP contribution in [0.4, 0.5) is 0 Å². The predicted octanol–water partition coefficient (Wildman–Crippen LogP) is 1.91. The summed E-state index contributed by atoms with van der Waals surface area (Å²) >= 11 is 0. The lowest BCUT2D eigenvalue weighted by molar-refractivity contribution is 0.482. The zero-order chi connectivity index (χ0) is 14.8. The highest BCUT2D eigenvalue weighted by Crippen LogP contribution is 2.21. The molecule has 0 fully saturated rings. The Kier molecular flexibility index (Phi) is 3.94. The quantitative estimate of drug-likeness (QED) is 0.871. The number of sulfone groups is 1. The molecule has 0 unspecified atom stereocenters. The highest BCUT2D eigenvalue weighted by atomic mass is 32.2. The smallest absolute Gasteiger partial charge is 0.269 e. The van der Waals surface area contributed by atoms with Crippen molar-refractivity contribution < 1.29 is 21.4 Å². The van der Waals surface area contributed by atoms with E-state index in [4.69, 9.17) is 4.55 Å². The van der Waals surface area contributed by atoms with Gasteiger partial charge in [0.1, 0.15) is 5.75 Å². The summed E-state index contributed by atoms with van der Waals surface area (Å²) in [6, 6.07) is 13.4. The Balaban J connectivity index is 2.46. The van der Waals surface area contributed by atoms with Gasteiger partial charge < -0.3 is 0 Å². The monoisotopic (exact) mass is 312 g/mol. The van der Waals surface area contributed by atoms with Crippen LogP contribution in [0.3, 0.4) is 0 Å². The topological polar surface area (TPSA) is 88.5 Å². The Bertz CT molecular complexity index is 809. The van der Waals surface area contributed by atoms with Crippen LogP contribution in [-0.2, 0) is 25.7 Å². The standard InChI is InChI=1S/C13H12O5S2/c14-19(15,16)10-11-5-4-8-13(9-11)20(17,18)12-6-2-1-3-7-12/h1-9H,10H2,(H,14,15,16). The Labute approximate surface area is 117 Å². The highest BCUT2D eigenvalue weighted by molar-refractivity contribution is 7.91. The van der Waals surface area contributed by atoms with Crippen LogP contribution in [0.5, 0.6) is 0 Å². The van der Waals surface area contributed by atoms with Gasteiger partial charge in [-0.25, -0.2) is 8.42 Å². The van der Waals surface area contributed by atoms with Crippen molar-refractivity contribution in [2.24, 2.45) is 0 Å². The molecule has 0 spiro atoms. The van der Waals surface area contributed by atoms with Crippen molar-refractivity contribution in [3.8, 4) is 0 Å². The Morgan fingerprint density at radius 3 is 2.00 bits per heavy atom. The maximum absolute atomic E-state index is 12.3. The molecule has 0 aromatic heterocycles. The van der Waals surface area contributed by atoms with E-state index < -0.39 is 25.7 Å². The summed E-state index contributed by atoms with van der Waals surface area (Å²) in [5.41, 5.74) is 0.213. The molecule has 0 heterocycles. The minimum absolute atomic E-state index is 0.00940. The first-order chi connectivity index (χ1) is 9.29. The Morgan fingerprint density at radius 1 is 0.800 bits per heavy atom. The van der Waals surface area contributed by atoms with Crippen LogP contribution in [0, 0.1) is 0 Å². The molecule has 106 valence electrons. The lowest BCUT2D eigenvalue weighted by atomic mass is 10.2. The number of benzene rings is 2. The predicted molar refractivity (Wildman–Crippen MR) is 73.6 cm³/mol. The van der Waals surface area contributed by atoms with E-state index in [0.717, 1.165) is 0 Å². The number of rotatable bonds is 4. The largest absolute Gasteiger partial charge is 0.285 e. The molecule has 0 radical (unpaired) electrons. The van der Waals surface area contributed by atoms with E-state index in [9.17, 15) is 16.8 Å². The highest BCUT2D eigenvalue weighted by Gasteiger charge is 2.18. The average molecular weight is 312 g/mol. The van der Waals surface area contributed by atoms with Crippen LogP contribution in [-0.4, -0.2) is 21.4 Å². The second kappa shape index (κ2) is 5.35. The van der Waals surface area contributed by atoms with Crippen LogP contribution in [0.25, 0.3) is 0 Å². The van der Waals surface area contributed by atoms with Gasteiger partial charge in [-0.1, -0.05) is 30.3 Å². The van der Waals surface area contributed by atoms with Crippen LogP contribution in [0.15, 0.2) is 64.4 Å². The fourth-order valence-corrected chi connectivity index (χ4v) is 3.70. The molecule has 5 nitrogen and oxygen atoms in total. The van der Waals surface area contributed by atoms with Gasteiger partial charge >= 0.3 is 0 Å². The minimum Gasteiger partial charge on any atom is -0.285 e. The molecule has 2 aromatic carbocycles. The second-order valence-corrected chi connectivity index (χ2v) is 7.59. The van der Waals surface area contributed by atoms with Crippen molar-refractivity contribution in [2.45, 2.75) is 15.5 Å². The third-order valence-electron chi connectivity index (χ3n) is 2.61. The van der Waals surface area contributed by atoms with Crippen molar-refractivity contribution in [3.05, 3.63) is 60.2 Å². The van der Waals surface area contributed by atoms with E-state index in [2.05, 4.69) is 0 Å². The summed E-state index contributed by atoms with van der Waals surface area (Å²) in [6.07, 6.45) is 0. The lowest BCUT2D eigenvalue weighted by Gasteiger charge is -2.06. The summed E-state index contributed by atoms with van der Waals surface area (Å²) in [7, 11) is -7.89. The molecule has 2 aromatic rings. The van der Waals surface area contributed by atoms with E-state index in [1.165, 1.54) is 36.4 Å². The summed E-state index contributed by atoms with van der Waals surface area (Å²) < 4.78 is 55.2. The first kappa shape index (κ1) is 14.7. The molecule has 0 amide bonds. The lowest BCUT2D eigenvalue weighted by Crippen LogP contribution is -2.05. The van der Waals surface area contributed by atoms with Crippen molar-refractivity contribution in [1.82, 2.24) is 0 Å². The third-order valence-corrected chi connectivity index (χ3v) is 5.08. The average Bonchev–Trinajstić information content (AvgIpc) is 2.38. The first-order valence-electron chi connectivity index (χ1n) is 5.63. The minimum atomic E-state index is -4.20. The van der Waals surface area contributed by atoms with Gasteiger partial charge in [-0.2, -0.15) is 8.42 Å². The molecule has 0 aliphatic carbocycles. The molecule has 0 aliphatic rings. The third kappa shape index (κ3) is 3.44. The molecule has 0 bridgehead atoms. The normalized spacial score (nSPS) is 12.2. The summed E-state index contributed by atoms with van der Waals surface area (Å²) in [4.78, 5) is 0.119. The van der Waals surface area contributed by atoms with Crippen LogP contribution < -0.4 is 0 Å². The van der Waals surface area contributed by atoms with Crippen molar-refractivity contribution in [3.63, 3.8) is 0 Å². The maximum Gasteiger partial charge on any atom is 0.269 e. The molecule has 0 atom stereocenters. The van der Waals surface area contributed by atoms with Gasteiger partial charge in [-0.3, -0.25) is 4.55 Å². The zero-order valence-corrected chi connectivity index (χ0v) is 11.9. The second-order valence-electron chi connectivity index (χ2n) is 4.19. The van der Waals surface area contributed by atoms with Crippen molar-refractivity contribution >= 4 is 20.0 Å². The molecule has 20 heavy (non-hydrogen) atoms. The maximum atomic E-state index is 12.3. The number of hydrogen-bond donors (Lipinski definition) is 1. The van der Waals surface area contributed by atoms with Gasteiger partial charge in [0.2, 0.25) is 9.84 Å². The molecule has 2 rings (SSSR count).